The van der Waals surface area contributed by atoms with Crippen molar-refractivity contribution in [1.82, 2.24) is 4.90 Å². The molecule has 0 heterocycles. The minimum atomic E-state index is 0.409. The van der Waals surface area contributed by atoms with E-state index in [4.69, 9.17) is 10.00 Å². The Bertz CT molecular complexity index is 230. The molecule has 0 aromatic rings. The average Bonchev–Trinajstić information content (AvgIpc) is 2.26. The molecule has 0 amide bonds. The van der Waals surface area contributed by atoms with Crippen LogP contribution in [0.25, 0.3) is 0 Å². The summed E-state index contributed by atoms with van der Waals surface area (Å²) in [5, 5.41) is 8.64. The third-order valence-corrected chi connectivity index (χ3v) is 4.13. The molecule has 92 valence electrons. The van der Waals surface area contributed by atoms with Gasteiger partial charge in [-0.1, -0.05) is 6.42 Å². The molecule has 0 saturated heterocycles. The molecule has 3 nitrogen and oxygen atoms in total. The molecule has 1 rings (SSSR count). The van der Waals surface area contributed by atoms with Gasteiger partial charge in [0.25, 0.3) is 0 Å². The standard InChI is InChI=1S/C12H22N2OS/c1-15-9-8-14(7-3-6-13)10-12(11-16)4-2-5-12/h16H,2-5,7-11H2,1H3. The van der Waals surface area contributed by atoms with Crippen LogP contribution in [0.3, 0.4) is 0 Å². The molecule has 4 heteroatoms. The quantitative estimate of drug-likeness (QED) is 0.661. The van der Waals surface area contributed by atoms with Crippen molar-refractivity contribution in [2.24, 2.45) is 5.41 Å². The maximum Gasteiger partial charge on any atom is 0.0635 e. The lowest BCUT2D eigenvalue weighted by atomic mass is 9.70. The zero-order valence-electron chi connectivity index (χ0n) is 10.1. The molecule has 1 aliphatic carbocycles. The zero-order chi connectivity index (χ0) is 11.9. The van der Waals surface area contributed by atoms with E-state index in [-0.39, 0.29) is 0 Å². The smallest absolute Gasteiger partial charge is 0.0635 e. The van der Waals surface area contributed by atoms with E-state index < -0.39 is 0 Å². The number of ether oxygens (including phenoxy) is 1. The van der Waals surface area contributed by atoms with Crippen LogP contribution >= 0.6 is 12.6 Å². The first kappa shape index (κ1) is 13.8. The summed E-state index contributed by atoms with van der Waals surface area (Å²) < 4.78 is 5.11. The van der Waals surface area contributed by atoms with E-state index in [1.165, 1.54) is 19.3 Å². The van der Waals surface area contributed by atoms with E-state index in [2.05, 4.69) is 23.6 Å². The second kappa shape index (κ2) is 7.16. The van der Waals surface area contributed by atoms with Gasteiger partial charge >= 0.3 is 0 Å². The van der Waals surface area contributed by atoms with Crippen molar-refractivity contribution in [2.45, 2.75) is 25.7 Å². The fourth-order valence-corrected chi connectivity index (χ4v) is 2.63. The van der Waals surface area contributed by atoms with Crippen LogP contribution < -0.4 is 0 Å². The van der Waals surface area contributed by atoms with Gasteiger partial charge < -0.3 is 4.74 Å². The van der Waals surface area contributed by atoms with Crippen LogP contribution in [-0.2, 0) is 4.74 Å². The summed E-state index contributed by atoms with van der Waals surface area (Å²) in [4.78, 5) is 2.35. The summed E-state index contributed by atoms with van der Waals surface area (Å²) in [6.07, 6.45) is 4.50. The SMILES string of the molecule is COCCN(CCC#N)CC1(CS)CCC1. The van der Waals surface area contributed by atoms with E-state index in [9.17, 15) is 0 Å². The van der Waals surface area contributed by atoms with Gasteiger partial charge in [0, 0.05) is 33.2 Å². The van der Waals surface area contributed by atoms with Crippen molar-refractivity contribution in [3.63, 3.8) is 0 Å². The highest BCUT2D eigenvalue weighted by atomic mass is 32.1. The van der Waals surface area contributed by atoms with E-state index in [0.29, 0.717) is 11.8 Å². The number of nitrogens with zero attached hydrogens (tertiary/aromatic N) is 2. The molecule has 0 aromatic heterocycles. The van der Waals surface area contributed by atoms with Crippen LogP contribution in [0.1, 0.15) is 25.7 Å². The van der Waals surface area contributed by atoms with Crippen LogP contribution in [0.5, 0.6) is 0 Å². The Morgan fingerprint density at radius 3 is 2.62 bits per heavy atom. The number of rotatable bonds is 8. The van der Waals surface area contributed by atoms with E-state index in [1.807, 2.05) is 0 Å². The third-order valence-electron chi connectivity index (χ3n) is 3.46. The lowest BCUT2D eigenvalue weighted by Gasteiger charge is -2.44. The Morgan fingerprint density at radius 2 is 2.19 bits per heavy atom. The second-order valence-corrected chi connectivity index (χ2v) is 5.00. The monoisotopic (exact) mass is 242 g/mol. The Hall–Kier alpha value is -0.240. The molecule has 0 radical (unpaired) electrons. The van der Waals surface area contributed by atoms with Gasteiger partial charge in [-0.3, -0.25) is 4.90 Å². The molecule has 0 bridgehead atoms. The maximum atomic E-state index is 8.64. The largest absolute Gasteiger partial charge is 0.383 e. The fourth-order valence-electron chi connectivity index (χ4n) is 2.22. The van der Waals surface area contributed by atoms with Crippen molar-refractivity contribution in [3.8, 4) is 6.07 Å². The Labute approximate surface area is 104 Å². The summed E-state index contributed by atoms with van der Waals surface area (Å²) in [7, 11) is 1.72. The molecule has 0 N–H and O–H groups in total. The molecule has 0 atom stereocenters. The van der Waals surface area contributed by atoms with Gasteiger partial charge in [0.2, 0.25) is 0 Å². The van der Waals surface area contributed by atoms with Gasteiger partial charge in [-0.2, -0.15) is 17.9 Å². The Kier molecular flexibility index (Phi) is 6.18. The number of methoxy groups -OCH3 is 1. The topological polar surface area (TPSA) is 36.3 Å². The first-order valence-electron chi connectivity index (χ1n) is 5.95. The summed E-state index contributed by atoms with van der Waals surface area (Å²) in [5.74, 6) is 0.961. The second-order valence-electron chi connectivity index (χ2n) is 4.69. The highest BCUT2D eigenvalue weighted by Gasteiger charge is 2.36. The fraction of sp³-hybridized carbons (Fsp3) is 0.917. The predicted molar refractivity (Wildman–Crippen MR) is 68.7 cm³/mol. The molecular weight excluding hydrogens is 220 g/mol. The molecule has 1 fully saturated rings. The summed E-state index contributed by atoms with van der Waals surface area (Å²) in [5.41, 5.74) is 0.409. The van der Waals surface area contributed by atoms with Gasteiger partial charge in [0.05, 0.1) is 12.7 Å². The first-order chi connectivity index (χ1) is 7.76. The Morgan fingerprint density at radius 1 is 1.44 bits per heavy atom. The van der Waals surface area contributed by atoms with Gasteiger partial charge in [-0.25, -0.2) is 0 Å². The van der Waals surface area contributed by atoms with E-state index in [0.717, 1.165) is 32.0 Å². The molecule has 1 aliphatic rings. The molecule has 16 heavy (non-hydrogen) atoms. The number of hydrogen-bond donors (Lipinski definition) is 1. The lowest BCUT2D eigenvalue weighted by Crippen LogP contribution is -2.45. The molecule has 0 unspecified atom stereocenters. The van der Waals surface area contributed by atoms with Crippen LogP contribution in [0.4, 0.5) is 0 Å². The van der Waals surface area contributed by atoms with Crippen molar-refractivity contribution in [3.05, 3.63) is 0 Å². The summed E-state index contributed by atoms with van der Waals surface area (Å²) >= 11 is 4.47. The van der Waals surface area contributed by atoms with Crippen LogP contribution in [0.15, 0.2) is 0 Å². The minimum absolute atomic E-state index is 0.409. The molecule has 0 aromatic carbocycles. The van der Waals surface area contributed by atoms with Crippen molar-refractivity contribution < 1.29 is 4.74 Å². The third kappa shape index (κ3) is 3.97. The van der Waals surface area contributed by atoms with Gasteiger partial charge in [0.1, 0.15) is 0 Å². The number of thiol groups is 1. The van der Waals surface area contributed by atoms with Gasteiger partial charge in [-0.15, -0.1) is 0 Å². The van der Waals surface area contributed by atoms with Crippen molar-refractivity contribution >= 4 is 12.6 Å². The highest BCUT2D eigenvalue weighted by Crippen LogP contribution is 2.42. The lowest BCUT2D eigenvalue weighted by molar-refractivity contribution is 0.0711. The molecule has 0 spiro atoms. The van der Waals surface area contributed by atoms with Crippen LogP contribution in [0, 0.1) is 16.7 Å². The zero-order valence-corrected chi connectivity index (χ0v) is 11.0. The van der Waals surface area contributed by atoms with Gasteiger partial charge in [-0.05, 0) is 24.0 Å². The van der Waals surface area contributed by atoms with Crippen LogP contribution in [0.2, 0.25) is 0 Å². The maximum absolute atomic E-state index is 8.64. The van der Waals surface area contributed by atoms with E-state index >= 15 is 0 Å². The first-order valence-corrected chi connectivity index (χ1v) is 6.59. The Balaban J connectivity index is 2.38. The average molecular weight is 242 g/mol. The normalized spacial score (nSPS) is 18.1. The molecule has 0 aliphatic heterocycles. The number of nitriles is 1. The molecular formula is C12H22N2OS. The van der Waals surface area contributed by atoms with Crippen LogP contribution in [-0.4, -0.2) is 44.0 Å². The van der Waals surface area contributed by atoms with Crippen molar-refractivity contribution in [2.75, 3.05) is 39.1 Å². The number of hydrogen-bond acceptors (Lipinski definition) is 4. The minimum Gasteiger partial charge on any atom is -0.383 e. The van der Waals surface area contributed by atoms with E-state index in [1.54, 1.807) is 7.11 Å². The molecule has 1 saturated carbocycles. The predicted octanol–water partition coefficient (Wildman–Crippen LogP) is 1.95. The van der Waals surface area contributed by atoms with Gasteiger partial charge in [0.15, 0.2) is 0 Å². The highest BCUT2D eigenvalue weighted by molar-refractivity contribution is 7.80. The van der Waals surface area contributed by atoms with Crippen molar-refractivity contribution in [1.29, 1.82) is 5.26 Å². The summed E-state index contributed by atoms with van der Waals surface area (Å²) in [6.45, 7) is 3.60. The summed E-state index contributed by atoms with van der Waals surface area (Å²) in [6, 6.07) is 2.21.